The van der Waals surface area contributed by atoms with Crippen molar-refractivity contribution in [1.29, 1.82) is 0 Å². The Morgan fingerprint density at radius 3 is 2.29 bits per heavy atom. The molecule has 4 unspecified atom stereocenters. The molecule has 3 aromatic carbocycles. The molecule has 7 heteroatoms. The molecule has 0 aliphatic carbocycles. The Hall–Kier alpha value is -3.39. The van der Waals surface area contributed by atoms with Crippen molar-refractivity contribution in [1.82, 2.24) is 5.32 Å². The Balaban J connectivity index is 1.05. The Bertz CT molecular complexity index is 1080. The first kappa shape index (κ1) is 23.4. The Labute approximate surface area is 205 Å². The van der Waals surface area contributed by atoms with Gasteiger partial charge in [0, 0.05) is 5.69 Å². The number of benzene rings is 3. The summed E-state index contributed by atoms with van der Waals surface area (Å²) in [5, 5.41) is 6.31. The van der Waals surface area contributed by atoms with Gasteiger partial charge in [0.2, 0.25) is 0 Å². The molecule has 3 aromatic rings. The summed E-state index contributed by atoms with van der Waals surface area (Å²) in [6.45, 7) is 1.76. The fraction of sp³-hybridized carbons (Fsp3) is 0.321. The first-order chi connectivity index (χ1) is 17.2. The lowest BCUT2D eigenvalue weighted by Gasteiger charge is -2.18. The molecule has 2 fully saturated rings. The molecule has 1 amide bonds. The van der Waals surface area contributed by atoms with E-state index in [1.165, 1.54) is 5.56 Å². The fourth-order valence-electron chi connectivity index (χ4n) is 4.48. The van der Waals surface area contributed by atoms with E-state index in [2.05, 4.69) is 34.9 Å². The third kappa shape index (κ3) is 6.19. The summed E-state index contributed by atoms with van der Waals surface area (Å²) in [6, 6.07) is 27.2. The van der Waals surface area contributed by atoms with Crippen molar-refractivity contribution in [3.8, 4) is 11.5 Å². The summed E-state index contributed by atoms with van der Waals surface area (Å²) < 4.78 is 23.3. The number of amides is 1. The highest BCUT2D eigenvalue weighted by atomic mass is 16.6. The Morgan fingerprint density at radius 2 is 1.51 bits per heavy atom. The summed E-state index contributed by atoms with van der Waals surface area (Å²) in [5.74, 6) is 1.44. The largest absolute Gasteiger partial charge is 0.457 e. The minimum Gasteiger partial charge on any atom is -0.457 e. The molecule has 0 bridgehead atoms. The summed E-state index contributed by atoms with van der Waals surface area (Å²) in [7, 11) is 0. The smallest absolute Gasteiger partial charge is 0.412 e. The predicted octanol–water partition coefficient (Wildman–Crippen LogP) is 4.78. The van der Waals surface area contributed by atoms with E-state index in [1.807, 2.05) is 36.4 Å². The summed E-state index contributed by atoms with van der Waals surface area (Å²) in [4.78, 5) is 12.5. The Kier molecular flexibility index (Phi) is 7.58. The van der Waals surface area contributed by atoms with Gasteiger partial charge >= 0.3 is 6.09 Å². The normalized spacial score (nSPS) is 23.0. The molecule has 2 aliphatic rings. The fourth-order valence-corrected chi connectivity index (χ4v) is 4.48. The molecule has 0 radical (unpaired) electrons. The summed E-state index contributed by atoms with van der Waals surface area (Å²) in [5.41, 5.74) is 1.96. The summed E-state index contributed by atoms with van der Waals surface area (Å²) in [6.07, 6.45) is 0.737. The van der Waals surface area contributed by atoms with E-state index < -0.39 is 12.2 Å². The van der Waals surface area contributed by atoms with E-state index in [4.69, 9.17) is 18.9 Å². The number of rotatable bonds is 9. The molecule has 0 aromatic heterocycles. The van der Waals surface area contributed by atoms with E-state index in [-0.39, 0.29) is 18.2 Å². The van der Waals surface area contributed by atoms with Gasteiger partial charge in [0.05, 0.1) is 19.3 Å². The molecule has 0 saturated carbocycles. The number of hydrogen-bond donors (Lipinski definition) is 2. The monoisotopic (exact) mass is 474 g/mol. The first-order valence-corrected chi connectivity index (χ1v) is 12.1. The SMILES string of the molecule is O=C(Nc1ccc(Oc2ccccc2)cc1)OC1COC2C(NCCCc3ccccc3)COC12. The molecule has 7 nitrogen and oxygen atoms in total. The second kappa shape index (κ2) is 11.4. The van der Waals surface area contributed by atoms with Gasteiger partial charge in [-0.3, -0.25) is 5.32 Å². The zero-order valence-electron chi connectivity index (χ0n) is 19.5. The van der Waals surface area contributed by atoms with E-state index in [1.54, 1.807) is 24.3 Å². The van der Waals surface area contributed by atoms with Crippen molar-refractivity contribution >= 4 is 11.8 Å². The molecule has 35 heavy (non-hydrogen) atoms. The number of anilines is 1. The topological polar surface area (TPSA) is 78.1 Å². The molecule has 0 spiro atoms. The molecule has 4 atom stereocenters. The average molecular weight is 475 g/mol. The van der Waals surface area contributed by atoms with Gasteiger partial charge in [0.15, 0.2) is 6.10 Å². The van der Waals surface area contributed by atoms with Crippen LogP contribution in [0.15, 0.2) is 84.9 Å². The van der Waals surface area contributed by atoms with E-state index >= 15 is 0 Å². The van der Waals surface area contributed by atoms with Gasteiger partial charge in [0.1, 0.15) is 23.7 Å². The van der Waals surface area contributed by atoms with Crippen molar-refractivity contribution in [3.05, 3.63) is 90.5 Å². The molecule has 182 valence electrons. The quantitative estimate of drug-likeness (QED) is 0.435. The van der Waals surface area contributed by atoms with E-state index in [9.17, 15) is 4.79 Å². The second-order valence-corrected chi connectivity index (χ2v) is 8.75. The van der Waals surface area contributed by atoms with Gasteiger partial charge in [-0.25, -0.2) is 4.79 Å². The van der Waals surface area contributed by atoms with Crippen molar-refractivity contribution in [2.45, 2.75) is 37.2 Å². The zero-order chi connectivity index (χ0) is 23.9. The minimum absolute atomic E-state index is 0.101. The summed E-state index contributed by atoms with van der Waals surface area (Å²) >= 11 is 0. The van der Waals surface area contributed by atoms with Crippen molar-refractivity contribution in [3.63, 3.8) is 0 Å². The van der Waals surface area contributed by atoms with Crippen molar-refractivity contribution < 1.29 is 23.7 Å². The highest BCUT2D eigenvalue weighted by molar-refractivity contribution is 5.84. The van der Waals surface area contributed by atoms with Crippen LogP contribution in [0.5, 0.6) is 11.5 Å². The number of carbonyl (C=O) groups is 1. The molecule has 2 aliphatic heterocycles. The van der Waals surface area contributed by atoms with Crippen molar-refractivity contribution in [2.24, 2.45) is 0 Å². The van der Waals surface area contributed by atoms with Crippen LogP contribution in [0.25, 0.3) is 0 Å². The van der Waals surface area contributed by atoms with Gasteiger partial charge in [-0.1, -0.05) is 48.5 Å². The highest BCUT2D eigenvalue weighted by Crippen LogP contribution is 2.29. The van der Waals surface area contributed by atoms with Crippen LogP contribution in [-0.2, 0) is 20.6 Å². The minimum atomic E-state index is -0.529. The van der Waals surface area contributed by atoms with E-state index in [0.29, 0.717) is 24.7 Å². The lowest BCUT2D eigenvalue weighted by atomic mass is 10.1. The van der Waals surface area contributed by atoms with Crippen LogP contribution < -0.4 is 15.4 Å². The first-order valence-electron chi connectivity index (χ1n) is 12.1. The lowest BCUT2D eigenvalue weighted by molar-refractivity contribution is 0.00857. The second-order valence-electron chi connectivity index (χ2n) is 8.75. The third-order valence-corrected chi connectivity index (χ3v) is 6.24. The van der Waals surface area contributed by atoms with Crippen LogP contribution >= 0.6 is 0 Å². The molecule has 2 N–H and O–H groups in total. The maximum Gasteiger partial charge on any atom is 0.412 e. The predicted molar refractivity (Wildman–Crippen MR) is 133 cm³/mol. The highest BCUT2D eigenvalue weighted by Gasteiger charge is 2.49. The van der Waals surface area contributed by atoms with Crippen LogP contribution in [0.2, 0.25) is 0 Å². The average Bonchev–Trinajstić information content (AvgIpc) is 3.47. The van der Waals surface area contributed by atoms with Crippen LogP contribution in [0.3, 0.4) is 0 Å². The van der Waals surface area contributed by atoms with Crippen molar-refractivity contribution in [2.75, 3.05) is 25.1 Å². The van der Waals surface area contributed by atoms with Gasteiger partial charge < -0.3 is 24.3 Å². The number of nitrogens with one attached hydrogen (secondary N) is 2. The Morgan fingerprint density at radius 1 is 0.829 bits per heavy atom. The molecular weight excluding hydrogens is 444 g/mol. The van der Waals surface area contributed by atoms with E-state index in [0.717, 1.165) is 25.1 Å². The number of para-hydroxylation sites is 1. The third-order valence-electron chi connectivity index (χ3n) is 6.24. The maximum absolute atomic E-state index is 12.5. The number of hydrogen-bond acceptors (Lipinski definition) is 6. The lowest BCUT2D eigenvalue weighted by Crippen LogP contribution is -2.42. The zero-order valence-corrected chi connectivity index (χ0v) is 19.5. The molecule has 5 rings (SSSR count). The number of aryl methyl sites for hydroxylation is 1. The molecular formula is C28H30N2O5. The number of ether oxygens (including phenoxy) is 4. The van der Waals surface area contributed by atoms with Crippen LogP contribution in [0.4, 0.5) is 10.5 Å². The van der Waals surface area contributed by atoms with Gasteiger partial charge in [-0.05, 0) is 61.3 Å². The molecule has 2 saturated heterocycles. The number of fused-ring (bicyclic) bond motifs is 1. The number of carbonyl (C=O) groups excluding carboxylic acids is 1. The van der Waals surface area contributed by atoms with Crippen LogP contribution in [0, 0.1) is 0 Å². The van der Waals surface area contributed by atoms with Gasteiger partial charge in [0.25, 0.3) is 0 Å². The standard InChI is InChI=1S/C28H30N2O5/c31-28(30-21-13-15-23(16-14-21)34-22-11-5-2-6-12-22)35-25-19-33-26-24(18-32-27(25)26)29-17-7-10-20-8-3-1-4-9-20/h1-6,8-9,11-16,24-27,29H,7,10,17-19H2,(H,30,31). The van der Waals surface area contributed by atoms with Gasteiger partial charge in [-0.2, -0.15) is 0 Å². The van der Waals surface area contributed by atoms with Crippen LogP contribution in [-0.4, -0.2) is 50.2 Å². The maximum atomic E-state index is 12.5. The van der Waals surface area contributed by atoms with Gasteiger partial charge in [-0.15, -0.1) is 0 Å². The van der Waals surface area contributed by atoms with Crippen LogP contribution in [0.1, 0.15) is 12.0 Å². The molecule has 2 heterocycles.